The number of phenolic OH excluding ortho intramolecular Hbond substituents is 1. The minimum absolute atomic E-state index is 0.0418. The van der Waals surface area contributed by atoms with E-state index in [1.807, 2.05) is 39.0 Å². The van der Waals surface area contributed by atoms with Gasteiger partial charge in [0, 0.05) is 42.2 Å². The van der Waals surface area contributed by atoms with E-state index in [4.69, 9.17) is 30.5 Å². The molecule has 0 radical (unpaired) electrons. The zero-order valence-corrected chi connectivity index (χ0v) is 31.2. The number of phenols is 1. The number of esters is 1. The van der Waals surface area contributed by atoms with Crippen LogP contribution in [0.15, 0.2) is 48.5 Å². The summed E-state index contributed by atoms with van der Waals surface area (Å²) in [5.41, 5.74) is 3.36. The number of hydrogen-bond donors (Lipinski definition) is 2. The van der Waals surface area contributed by atoms with Gasteiger partial charge < -0.3 is 38.8 Å². The van der Waals surface area contributed by atoms with Gasteiger partial charge in [-0.1, -0.05) is 70.3 Å². The van der Waals surface area contributed by atoms with Crippen LogP contribution in [0.2, 0.25) is 5.02 Å². The molecule has 0 spiro atoms. The summed E-state index contributed by atoms with van der Waals surface area (Å²) in [5.74, 6) is 0.808. The van der Waals surface area contributed by atoms with Crippen molar-refractivity contribution in [3.8, 4) is 23.0 Å². The number of carbonyl (C=O) groups is 2. The molecule has 49 heavy (non-hydrogen) atoms. The molecule has 0 aromatic heterocycles. The molecule has 1 heterocycles. The maximum atomic E-state index is 13.5. The van der Waals surface area contributed by atoms with E-state index >= 15 is 0 Å². The Balaban J connectivity index is 0.000000867. The zero-order valence-electron chi connectivity index (χ0n) is 30.4. The Morgan fingerprint density at radius 3 is 2.22 bits per heavy atom. The van der Waals surface area contributed by atoms with E-state index in [2.05, 4.69) is 18.6 Å². The predicted molar refractivity (Wildman–Crippen MR) is 194 cm³/mol. The first-order valence-corrected chi connectivity index (χ1v) is 17.1. The molecular formula is C38H54ClNO9. The van der Waals surface area contributed by atoms with E-state index in [1.54, 1.807) is 49.3 Å². The Hall–Kier alpha value is -3.99. The van der Waals surface area contributed by atoms with Crippen LogP contribution in [-0.4, -0.2) is 62.7 Å². The van der Waals surface area contributed by atoms with Crippen molar-refractivity contribution in [2.24, 2.45) is 0 Å². The molecule has 3 aromatic carbocycles. The summed E-state index contributed by atoms with van der Waals surface area (Å²) in [6, 6.07) is 14.1. The lowest BCUT2D eigenvalue weighted by Gasteiger charge is -2.27. The molecule has 1 amide bonds. The molecule has 0 aliphatic carbocycles. The topological polar surface area (TPSA) is 124 Å². The number of aliphatic hydroxyl groups is 1. The number of aromatic hydroxyl groups is 1. The second kappa shape index (κ2) is 23.4. The fourth-order valence-electron chi connectivity index (χ4n) is 4.57. The molecule has 1 aliphatic heterocycles. The van der Waals surface area contributed by atoms with E-state index in [0.717, 1.165) is 16.9 Å². The summed E-state index contributed by atoms with van der Waals surface area (Å²) < 4.78 is 27.1. The molecule has 11 heteroatoms. The fraction of sp³-hybridized carbons (Fsp3) is 0.474. The molecule has 2 N–H and O–H groups in total. The number of ether oxygens (including phenoxy) is 5. The number of para-hydroxylation sites is 1. The van der Waals surface area contributed by atoms with Crippen molar-refractivity contribution in [1.82, 2.24) is 0 Å². The molecule has 0 unspecified atom stereocenters. The summed E-state index contributed by atoms with van der Waals surface area (Å²) in [4.78, 5) is 25.0. The Kier molecular flexibility index (Phi) is 20.5. The highest BCUT2D eigenvalue weighted by atomic mass is 35.5. The monoisotopic (exact) mass is 703 g/mol. The molecule has 10 nitrogen and oxygen atoms in total. The van der Waals surface area contributed by atoms with E-state index in [-0.39, 0.29) is 49.7 Å². The van der Waals surface area contributed by atoms with Crippen LogP contribution in [-0.2, 0) is 25.6 Å². The Morgan fingerprint density at radius 1 is 1.00 bits per heavy atom. The van der Waals surface area contributed by atoms with Gasteiger partial charge in [0.15, 0.2) is 11.5 Å². The summed E-state index contributed by atoms with van der Waals surface area (Å²) in [7, 11) is 3.07. The van der Waals surface area contributed by atoms with Crippen LogP contribution >= 0.6 is 11.6 Å². The normalized spacial score (nSPS) is 13.2. The van der Waals surface area contributed by atoms with Crippen molar-refractivity contribution in [1.29, 1.82) is 0 Å². The third kappa shape index (κ3) is 13.1. The van der Waals surface area contributed by atoms with Crippen molar-refractivity contribution in [3.05, 3.63) is 75.8 Å². The second-order valence-corrected chi connectivity index (χ2v) is 11.0. The molecule has 1 atom stereocenters. The van der Waals surface area contributed by atoms with E-state index in [1.165, 1.54) is 26.9 Å². The molecule has 0 saturated carbocycles. The van der Waals surface area contributed by atoms with E-state index < -0.39 is 6.10 Å². The number of halogens is 1. The largest absolute Gasteiger partial charge is 0.504 e. The number of aliphatic hydroxyl groups excluding tert-OH is 1. The van der Waals surface area contributed by atoms with Crippen molar-refractivity contribution < 1.29 is 43.5 Å². The Bertz CT molecular complexity index is 1440. The first kappa shape index (κ1) is 43.0. The third-order valence-corrected chi connectivity index (χ3v) is 7.33. The first-order chi connectivity index (χ1) is 23.6. The van der Waals surface area contributed by atoms with Gasteiger partial charge in [-0.2, -0.15) is 0 Å². The Labute approximate surface area is 296 Å². The number of hydrogen-bond acceptors (Lipinski definition) is 9. The van der Waals surface area contributed by atoms with Crippen molar-refractivity contribution in [2.45, 2.75) is 80.4 Å². The van der Waals surface area contributed by atoms with Crippen molar-refractivity contribution >= 4 is 29.2 Å². The SMILES string of the molecule is CC.CCCC.CCOC(C)=O.COc1ccc(CN2C(=O)CO[C@H](c3cccc(OC)c3O)c3cc(Cl)cc(OCCCO)c32)c(C)c1. The van der Waals surface area contributed by atoms with Gasteiger partial charge in [-0.3, -0.25) is 9.59 Å². The number of carbonyl (C=O) groups excluding carboxylic acids is 2. The van der Waals surface area contributed by atoms with Crippen molar-refractivity contribution in [3.63, 3.8) is 0 Å². The molecule has 0 saturated heterocycles. The minimum atomic E-state index is -0.824. The number of unbranched alkanes of at least 4 members (excludes halogenated alkanes) is 1. The summed E-state index contributed by atoms with van der Waals surface area (Å²) in [6.45, 7) is 14.2. The Morgan fingerprint density at radius 2 is 1.69 bits per heavy atom. The molecular weight excluding hydrogens is 650 g/mol. The maximum absolute atomic E-state index is 13.5. The maximum Gasteiger partial charge on any atom is 0.302 e. The predicted octanol–water partition coefficient (Wildman–Crippen LogP) is 8.19. The molecule has 272 valence electrons. The number of methoxy groups -OCH3 is 2. The number of amides is 1. The molecule has 4 rings (SSSR count). The first-order valence-electron chi connectivity index (χ1n) is 16.7. The standard InChI is InChI=1S/C28H30ClNO7.C4H8O2.C4H10.C2H6/c1-17-12-20(34-2)9-8-18(17)15-30-25(32)16-37-28(21-6-4-7-23(35-3)27(21)33)22-13-19(29)14-24(26(22)30)36-11-5-10-31;1-3-6-4(2)5;1-3-4-2;1-2/h4,6-9,12-14,28,31,33H,5,10-11,15-16H2,1-3H3;3H2,1-2H3;3-4H2,1-2H3;1-2H3/t28-;;;/m1.../s1. The van der Waals surface area contributed by atoms with Crippen molar-refractivity contribution in [2.75, 3.05) is 45.5 Å². The van der Waals surface area contributed by atoms with Crippen LogP contribution in [0.5, 0.6) is 23.0 Å². The van der Waals surface area contributed by atoms with Gasteiger partial charge in [0.05, 0.1) is 39.7 Å². The van der Waals surface area contributed by atoms with Gasteiger partial charge in [-0.15, -0.1) is 0 Å². The summed E-state index contributed by atoms with van der Waals surface area (Å²) in [5, 5.41) is 20.6. The van der Waals surface area contributed by atoms with Crippen LogP contribution < -0.4 is 19.1 Å². The summed E-state index contributed by atoms with van der Waals surface area (Å²) in [6.07, 6.45) is 2.22. The molecule has 0 bridgehead atoms. The lowest BCUT2D eigenvalue weighted by atomic mass is 9.97. The highest BCUT2D eigenvalue weighted by molar-refractivity contribution is 6.31. The third-order valence-electron chi connectivity index (χ3n) is 7.11. The van der Waals surface area contributed by atoms with Crippen LogP contribution in [0.3, 0.4) is 0 Å². The smallest absolute Gasteiger partial charge is 0.302 e. The number of anilines is 1. The highest BCUT2D eigenvalue weighted by Crippen LogP contribution is 2.47. The number of nitrogens with zero attached hydrogens (tertiary/aromatic N) is 1. The van der Waals surface area contributed by atoms with E-state index in [0.29, 0.717) is 40.6 Å². The molecule has 0 fully saturated rings. The molecule has 1 aliphatic rings. The fourth-order valence-corrected chi connectivity index (χ4v) is 4.79. The van der Waals surface area contributed by atoms with Gasteiger partial charge in [-0.25, -0.2) is 0 Å². The summed E-state index contributed by atoms with van der Waals surface area (Å²) >= 11 is 6.51. The number of aryl methyl sites for hydroxylation is 1. The van der Waals surface area contributed by atoms with Crippen LogP contribution in [0.4, 0.5) is 5.69 Å². The van der Waals surface area contributed by atoms with Gasteiger partial charge >= 0.3 is 5.97 Å². The zero-order chi connectivity index (χ0) is 36.9. The lowest BCUT2D eigenvalue weighted by molar-refractivity contribution is -0.140. The van der Waals surface area contributed by atoms with Crippen LogP contribution in [0.1, 0.15) is 89.2 Å². The van der Waals surface area contributed by atoms with Crippen LogP contribution in [0.25, 0.3) is 0 Å². The minimum Gasteiger partial charge on any atom is -0.504 e. The number of rotatable bonds is 11. The van der Waals surface area contributed by atoms with Crippen LogP contribution in [0, 0.1) is 6.92 Å². The van der Waals surface area contributed by atoms with E-state index in [9.17, 15) is 19.8 Å². The van der Waals surface area contributed by atoms with Gasteiger partial charge in [0.25, 0.3) is 5.91 Å². The second-order valence-electron chi connectivity index (χ2n) is 10.6. The van der Waals surface area contributed by atoms with Gasteiger partial charge in [0.2, 0.25) is 0 Å². The number of fused-ring (bicyclic) bond motifs is 1. The van der Waals surface area contributed by atoms with Gasteiger partial charge in [-0.05, 0) is 49.2 Å². The average Bonchev–Trinajstić information content (AvgIpc) is 3.22. The quantitative estimate of drug-likeness (QED) is 0.150. The average molecular weight is 704 g/mol. The van der Waals surface area contributed by atoms with Gasteiger partial charge in [0.1, 0.15) is 24.2 Å². The lowest BCUT2D eigenvalue weighted by Crippen LogP contribution is -2.33. The number of benzene rings is 3. The highest BCUT2D eigenvalue weighted by Gasteiger charge is 2.35. The molecule has 3 aromatic rings.